The van der Waals surface area contributed by atoms with Gasteiger partial charge in [0.05, 0.1) is 10.9 Å². The maximum atomic E-state index is 13.3. The number of hydrogen-bond donors (Lipinski definition) is 1. The van der Waals surface area contributed by atoms with E-state index in [1.807, 2.05) is 24.3 Å². The van der Waals surface area contributed by atoms with Crippen LogP contribution < -0.4 is 10.2 Å². The number of aryl methyl sites for hydroxylation is 1. The molecule has 0 unspecified atom stereocenters. The molecule has 1 N–H and O–H groups in total. The van der Waals surface area contributed by atoms with Crippen LogP contribution in [0.25, 0.3) is 0 Å². The number of carbonyl (C=O) groups is 2. The van der Waals surface area contributed by atoms with E-state index in [2.05, 4.69) is 12.2 Å². The molecule has 1 atom stereocenters. The molecule has 3 rings (SSSR count). The number of carbonyl (C=O) groups excluding carboxylic acids is 2. The molecule has 26 heavy (non-hydrogen) atoms. The molecule has 6 heteroatoms. The second-order valence-corrected chi connectivity index (χ2v) is 6.80. The van der Waals surface area contributed by atoms with Gasteiger partial charge in [-0.3, -0.25) is 9.59 Å². The van der Waals surface area contributed by atoms with Crippen LogP contribution in [-0.4, -0.2) is 18.4 Å². The maximum Gasteiger partial charge on any atom is 0.227 e. The lowest BCUT2D eigenvalue weighted by atomic mass is 10.1. The third kappa shape index (κ3) is 4.05. The summed E-state index contributed by atoms with van der Waals surface area (Å²) in [4.78, 5) is 26.1. The molecule has 0 spiro atoms. The SMILES string of the molecule is CCc1ccc(CNC(=O)[C@H]2CC(=O)N(c3ccc(F)c(Cl)c3)C2)cc1. The molecule has 2 aromatic rings. The van der Waals surface area contributed by atoms with E-state index in [1.54, 1.807) is 0 Å². The molecule has 0 radical (unpaired) electrons. The fourth-order valence-electron chi connectivity index (χ4n) is 3.01. The van der Waals surface area contributed by atoms with Gasteiger partial charge in [-0.05, 0) is 35.7 Å². The number of anilines is 1. The molecule has 0 aliphatic carbocycles. The highest BCUT2D eigenvalue weighted by atomic mass is 35.5. The van der Waals surface area contributed by atoms with Crippen LogP contribution in [-0.2, 0) is 22.6 Å². The Labute approximate surface area is 157 Å². The second-order valence-electron chi connectivity index (χ2n) is 6.39. The summed E-state index contributed by atoms with van der Waals surface area (Å²) in [7, 11) is 0. The van der Waals surface area contributed by atoms with Crippen LogP contribution in [0, 0.1) is 11.7 Å². The molecule has 4 nitrogen and oxygen atoms in total. The topological polar surface area (TPSA) is 49.4 Å². The summed E-state index contributed by atoms with van der Waals surface area (Å²) in [5, 5.41) is 2.84. The monoisotopic (exact) mass is 374 g/mol. The fourth-order valence-corrected chi connectivity index (χ4v) is 3.19. The summed E-state index contributed by atoms with van der Waals surface area (Å²) in [6, 6.07) is 12.2. The van der Waals surface area contributed by atoms with Crippen molar-refractivity contribution in [3.63, 3.8) is 0 Å². The summed E-state index contributed by atoms with van der Waals surface area (Å²) >= 11 is 5.79. The largest absolute Gasteiger partial charge is 0.352 e. The lowest BCUT2D eigenvalue weighted by Crippen LogP contribution is -2.32. The van der Waals surface area contributed by atoms with Gasteiger partial charge in [-0.2, -0.15) is 0 Å². The summed E-state index contributed by atoms with van der Waals surface area (Å²) < 4.78 is 13.3. The van der Waals surface area contributed by atoms with Gasteiger partial charge in [-0.1, -0.05) is 42.8 Å². The van der Waals surface area contributed by atoms with Crippen molar-refractivity contribution in [1.82, 2.24) is 5.32 Å². The first-order chi connectivity index (χ1) is 12.5. The lowest BCUT2D eigenvalue weighted by molar-refractivity contribution is -0.126. The Morgan fingerprint density at radius 3 is 2.58 bits per heavy atom. The van der Waals surface area contributed by atoms with Gasteiger partial charge in [-0.15, -0.1) is 0 Å². The predicted octanol–water partition coefficient (Wildman–Crippen LogP) is 3.71. The van der Waals surface area contributed by atoms with Crippen LogP contribution in [0.15, 0.2) is 42.5 Å². The zero-order valence-electron chi connectivity index (χ0n) is 14.5. The van der Waals surface area contributed by atoms with Crippen LogP contribution in [0.2, 0.25) is 5.02 Å². The molecule has 1 aliphatic heterocycles. The van der Waals surface area contributed by atoms with E-state index in [9.17, 15) is 14.0 Å². The first-order valence-corrected chi connectivity index (χ1v) is 8.96. The number of nitrogens with zero attached hydrogens (tertiary/aromatic N) is 1. The van der Waals surface area contributed by atoms with E-state index in [0.717, 1.165) is 12.0 Å². The van der Waals surface area contributed by atoms with Crippen molar-refractivity contribution in [3.8, 4) is 0 Å². The van der Waals surface area contributed by atoms with E-state index in [4.69, 9.17) is 11.6 Å². The van der Waals surface area contributed by atoms with Gasteiger partial charge in [0.15, 0.2) is 0 Å². The smallest absolute Gasteiger partial charge is 0.227 e. The molecular weight excluding hydrogens is 355 g/mol. The average molecular weight is 375 g/mol. The first-order valence-electron chi connectivity index (χ1n) is 8.59. The third-order valence-electron chi connectivity index (χ3n) is 4.61. The fraction of sp³-hybridized carbons (Fsp3) is 0.300. The van der Waals surface area contributed by atoms with Crippen LogP contribution in [0.4, 0.5) is 10.1 Å². The molecule has 0 saturated carbocycles. The van der Waals surface area contributed by atoms with Crippen LogP contribution in [0.3, 0.4) is 0 Å². The zero-order chi connectivity index (χ0) is 18.7. The Morgan fingerprint density at radius 1 is 1.23 bits per heavy atom. The Morgan fingerprint density at radius 2 is 1.92 bits per heavy atom. The number of nitrogens with one attached hydrogen (secondary N) is 1. The van der Waals surface area contributed by atoms with E-state index in [-0.39, 0.29) is 29.8 Å². The zero-order valence-corrected chi connectivity index (χ0v) is 15.2. The van der Waals surface area contributed by atoms with Crippen molar-refractivity contribution in [3.05, 3.63) is 64.4 Å². The normalized spacial score (nSPS) is 16.8. The molecule has 1 fully saturated rings. The highest BCUT2D eigenvalue weighted by Gasteiger charge is 2.35. The summed E-state index contributed by atoms with van der Waals surface area (Å²) in [5.41, 5.74) is 2.77. The number of hydrogen-bond acceptors (Lipinski definition) is 2. The van der Waals surface area contributed by atoms with Crippen LogP contribution >= 0.6 is 11.6 Å². The van der Waals surface area contributed by atoms with Gasteiger partial charge in [0.25, 0.3) is 0 Å². The van der Waals surface area contributed by atoms with Crippen molar-refractivity contribution < 1.29 is 14.0 Å². The molecule has 0 aromatic heterocycles. The molecule has 0 bridgehead atoms. The van der Waals surface area contributed by atoms with Crippen LogP contribution in [0.1, 0.15) is 24.5 Å². The predicted molar refractivity (Wildman–Crippen MR) is 99.5 cm³/mol. The Bertz CT molecular complexity index is 823. The quantitative estimate of drug-likeness (QED) is 0.867. The summed E-state index contributed by atoms with van der Waals surface area (Å²) in [6.07, 6.45) is 1.11. The van der Waals surface area contributed by atoms with Gasteiger partial charge in [0.2, 0.25) is 11.8 Å². The minimum absolute atomic E-state index is 0.0428. The molecule has 2 amide bonds. The van der Waals surface area contributed by atoms with Crippen molar-refractivity contribution in [2.45, 2.75) is 26.3 Å². The Kier molecular flexibility index (Phi) is 5.57. The first kappa shape index (κ1) is 18.4. The van der Waals surface area contributed by atoms with Crippen molar-refractivity contribution in [2.24, 2.45) is 5.92 Å². The standard InChI is InChI=1S/C20H20ClFN2O2/c1-2-13-3-5-14(6-4-13)11-23-20(26)15-9-19(25)24(12-15)16-7-8-18(22)17(21)10-16/h3-8,10,15H,2,9,11-12H2,1H3,(H,23,26)/t15-/m0/s1. The van der Waals surface area contributed by atoms with Crippen LogP contribution in [0.5, 0.6) is 0 Å². The minimum Gasteiger partial charge on any atom is -0.352 e. The van der Waals surface area contributed by atoms with E-state index in [1.165, 1.54) is 28.7 Å². The Hall–Kier alpha value is -2.40. The third-order valence-corrected chi connectivity index (χ3v) is 4.90. The van der Waals surface area contributed by atoms with Gasteiger partial charge < -0.3 is 10.2 Å². The van der Waals surface area contributed by atoms with Crippen molar-refractivity contribution in [2.75, 3.05) is 11.4 Å². The second kappa shape index (κ2) is 7.87. The average Bonchev–Trinajstić information content (AvgIpc) is 3.04. The van der Waals surface area contributed by atoms with Gasteiger partial charge in [-0.25, -0.2) is 4.39 Å². The lowest BCUT2D eigenvalue weighted by Gasteiger charge is -2.17. The molecule has 2 aromatic carbocycles. The highest BCUT2D eigenvalue weighted by Crippen LogP contribution is 2.28. The van der Waals surface area contributed by atoms with E-state index < -0.39 is 11.7 Å². The molecular formula is C20H20ClFN2O2. The summed E-state index contributed by atoms with van der Waals surface area (Å²) in [5.74, 6) is -1.29. The number of benzene rings is 2. The molecule has 1 saturated heterocycles. The maximum absolute atomic E-state index is 13.3. The van der Waals surface area contributed by atoms with E-state index in [0.29, 0.717) is 12.2 Å². The van der Waals surface area contributed by atoms with Crippen molar-refractivity contribution >= 4 is 29.1 Å². The van der Waals surface area contributed by atoms with E-state index >= 15 is 0 Å². The van der Waals surface area contributed by atoms with Crippen molar-refractivity contribution in [1.29, 1.82) is 0 Å². The number of rotatable bonds is 5. The molecule has 1 heterocycles. The summed E-state index contributed by atoms with van der Waals surface area (Å²) in [6.45, 7) is 2.78. The van der Waals surface area contributed by atoms with Gasteiger partial charge in [0, 0.05) is 25.2 Å². The van der Waals surface area contributed by atoms with Gasteiger partial charge >= 0.3 is 0 Å². The van der Waals surface area contributed by atoms with Gasteiger partial charge in [0.1, 0.15) is 5.82 Å². The molecule has 1 aliphatic rings. The minimum atomic E-state index is -0.537. The Balaban J connectivity index is 1.60. The molecule has 136 valence electrons. The number of halogens is 2. The number of amides is 2. The highest BCUT2D eigenvalue weighted by molar-refractivity contribution is 6.31.